The van der Waals surface area contributed by atoms with Crippen LogP contribution in [0, 0.1) is 11.3 Å². The van der Waals surface area contributed by atoms with Gasteiger partial charge in [-0.15, -0.1) is 5.10 Å². The summed E-state index contributed by atoms with van der Waals surface area (Å²) >= 11 is 0. The molecule has 2 aromatic rings. The van der Waals surface area contributed by atoms with Gasteiger partial charge in [-0.2, -0.15) is 5.26 Å². The first-order valence-electron chi connectivity index (χ1n) is 4.92. The lowest BCUT2D eigenvalue weighted by Crippen LogP contribution is -2.04. The van der Waals surface area contributed by atoms with Gasteiger partial charge in [0.2, 0.25) is 0 Å². The number of anilines is 1. The summed E-state index contributed by atoms with van der Waals surface area (Å²) in [7, 11) is 0. The molecule has 5 nitrogen and oxygen atoms in total. The fraction of sp³-hybridized carbons (Fsp3) is 0.182. The van der Waals surface area contributed by atoms with Crippen LogP contribution in [0.1, 0.15) is 11.4 Å². The molecule has 0 unspecified atom stereocenters. The van der Waals surface area contributed by atoms with Crippen molar-refractivity contribution in [3.05, 3.63) is 42.0 Å². The molecule has 0 spiro atoms. The van der Waals surface area contributed by atoms with Crippen molar-refractivity contribution < 1.29 is 0 Å². The second kappa shape index (κ2) is 4.45. The molecule has 0 aliphatic heterocycles. The Hall–Kier alpha value is -2.35. The van der Waals surface area contributed by atoms with Gasteiger partial charge >= 0.3 is 0 Å². The fourth-order valence-electron chi connectivity index (χ4n) is 1.45. The minimum Gasteiger partial charge on any atom is -0.399 e. The van der Waals surface area contributed by atoms with Crippen molar-refractivity contribution in [2.45, 2.75) is 13.0 Å². The van der Waals surface area contributed by atoms with Gasteiger partial charge in [0.05, 0.1) is 0 Å². The van der Waals surface area contributed by atoms with Crippen LogP contribution in [0.2, 0.25) is 0 Å². The molecule has 2 N–H and O–H groups in total. The third-order valence-corrected chi connectivity index (χ3v) is 2.30. The van der Waals surface area contributed by atoms with Crippen molar-refractivity contribution >= 4 is 5.69 Å². The van der Waals surface area contributed by atoms with E-state index in [9.17, 15) is 0 Å². The van der Waals surface area contributed by atoms with Gasteiger partial charge in [-0.3, -0.25) is 4.68 Å². The van der Waals surface area contributed by atoms with Crippen molar-refractivity contribution in [1.82, 2.24) is 14.8 Å². The van der Waals surface area contributed by atoms with Crippen molar-refractivity contribution in [3.63, 3.8) is 0 Å². The van der Waals surface area contributed by atoms with Crippen LogP contribution in [-0.4, -0.2) is 14.8 Å². The molecule has 0 saturated carbocycles. The molecule has 1 aromatic carbocycles. The molecule has 1 aromatic heterocycles. The van der Waals surface area contributed by atoms with Crippen LogP contribution in [0.15, 0.2) is 30.6 Å². The summed E-state index contributed by atoms with van der Waals surface area (Å²) in [4.78, 5) is 3.83. The Kier molecular flexibility index (Phi) is 2.83. The largest absolute Gasteiger partial charge is 0.399 e. The topological polar surface area (TPSA) is 80.5 Å². The Morgan fingerprint density at radius 3 is 2.88 bits per heavy atom. The predicted octanol–water partition coefficient (Wildman–Crippen LogP) is 0.975. The molecule has 0 saturated heterocycles. The third-order valence-electron chi connectivity index (χ3n) is 2.30. The molecule has 0 radical (unpaired) electrons. The standard InChI is InChI=1S/C11H11N5/c12-7-11-14-8-16(15-11)6-5-9-3-1-2-4-10(9)13/h1-4,8H,5-6,13H2. The zero-order valence-electron chi connectivity index (χ0n) is 8.67. The predicted molar refractivity (Wildman–Crippen MR) is 59.3 cm³/mol. The first-order chi connectivity index (χ1) is 7.79. The molecule has 0 fully saturated rings. The van der Waals surface area contributed by atoms with E-state index in [1.807, 2.05) is 30.3 Å². The number of nitriles is 1. The summed E-state index contributed by atoms with van der Waals surface area (Å²) in [5, 5.41) is 12.5. The number of aryl methyl sites for hydroxylation is 2. The van der Waals surface area contributed by atoms with Gasteiger partial charge in [0, 0.05) is 12.2 Å². The highest BCUT2D eigenvalue weighted by atomic mass is 15.3. The van der Waals surface area contributed by atoms with E-state index < -0.39 is 0 Å². The average Bonchev–Trinajstić information content (AvgIpc) is 2.76. The van der Waals surface area contributed by atoms with Gasteiger partial charge in [-0.25, -0.2) is 4.98 Å². The van der Waals surface area contributed by atoms with E-state index in [0.29, 0.717) is 6.54 Å². The van der Waals surface area contributed by atoms with E-state index in [0.717, 1.165) is 17.7 Å². The maximum Gasteiger partial charge on any atom is 0.252 e. The minimum atomic E-state index is 0.195. The Balaban J connectivity index is 2.03. The van der Waals surface area contributed by atoms with Crippen LogP contribution in [0.5, 0.6) is 0 Å². The first-order valence-corrected chi connectivity index (χ1v) is 4.92. The van der Waals surface area contributed by atoms with E-state index in [2.05, 4.69) is 10.1 Å². The Labute approximate surface area is 93.1 Å². The number of nitrogens with zero attached hydrogens (tertiary/aromatic N) is 4. The summed E-state index contributed by atoms with van der Waals surface area (Å²) in [5.41, 5.74) is 7.68. The molecule has 0 aliphatic rings. The van der Waals surface area contributed by atoms with Crippen molar-refractivity contribution in [2.24, 2.45) is 0 Å². The molecule has 0 aliphatic carbocycles. The summed E-state index contributed by atoms with van der Waals surface area (Å²) in [6.45, 7) is 0.670. The summed E-state index contributed by atoms with van der Waals surface area (Å²) in [6.07, 6.45) is 2.33. The SMILES string of the molecule is N#Cc1ncn(CCc2ccccc2N)n1. The summed E-state index contributed by atoms with van der Waals surface area (Å²) in [5.74, 6) is 0.195. The van der Waals surface area contributed by atoms with Gasteiger partial charge in [0.15, 0.2) is 0 Å². The van der Waals surface area contributed by atoms with Gasteiger partial charge < -0.3 is 5.73 Å². The highest BCUT2D eigenvalue weighted by Crippen LogP contribution is 2.11. The molecule has 0 bridgehead atoms. The maximum absolute atomic E-state index is 8.57. The van der Waals surface area contributed by atoms with E-state index in [4.69, 9.17) is 11.0 Å². The zero-order valence-corrected chi connectivity index (χ0v) is 8.67. The van der Waals surface area contributed by atoms with Gasteiger partial charge in [0.25, 0.3) is 5.82 Å². The van der Waals surface area contributed by atoms with E-state index in [1.165, 1.54) is 0 Å². The smallest absolute Gasteiger partial charge is 0.252 e. The number of aromatic nitrogens is 3. The quantitative estimate of drug-likeness (QED) is 0.770. The average molecular weight is 213 g/mol. The Morgan fingerprint density at radius 2 is 2.19 bits per heavy atom. The normalized spacial score (nSPS) is 9.94. The Bertz CT molecular complexity index is 523. The molecule has 5 heteroatoms. The van der Waals surface area contributed by atoms with Crippen molar-refractivity contribution in [2.75, 3.05) is 5.73 Å². The van der Waals surface area contributed by atoms with Crippen molar-refractivity contribution in [1.29, 1.82) is 5.26 Å². The number of nitrogens with two attached hydrogens (primary N) is 1. The third kappa shape index (κ3) is 2.17. The number of nitrogen functional groups attached to an aromatic ring is 1. The van der Waals surface area contributed by atoms with Crippen LogP contribution in [0.3, 0.4) is 0 Å². The highest BCUT2D eigenvalue weighted by molar-refractivity contribution is 5.46. The van der Waals surface area contributed by atoms with Crippen LogP contribution in [0.25, 0.3) is 0 Å². The number of hydrogen-bond acceptors (Lipinski definition) is 4. The second-order valence-corrected chi connectivity index (χ2v) is 3.39. The molecule has 0 amide bonds. The van der Waals surface area contributed by atoms with Crippen LogP contribution in [0.4, 0.5) is 5.69 Å². The molecular formula is C11H11N5. The highest BCUT2D eigenvalue weighted by Gasteiger charge is 2.01. The lowest BCUT2D eigenvalue weighted by atomic mass is 10.1. The Morgan fingerprint density at radius 1 is 1.38 bits per heavy atom. The molecular weight excluding hydrogens is 202 g/mol. The van der Waals surface area contributed by atoms with Gasteiger partial charge in [-0.1, -0.05) is 18.2 Å². The van der Waals surface area contributed by atoms with E-state index in [1.54, 1.807) is 11.0 Å². The first kappa shape index (κ1) is 10.2. The molecule has 16 heavy (non-hydrogen) atoms. The van der Waals surface area contributed by atoms with Crippen LogP contribution >= 0.6 is 0 Å². The summed E-state index contributed by atoms with van der Waals surface area (Å²) in [6, 6.07) is 9.60. The van der Waals surface area contributed by atoms with E-state index >= 15 is 0 Å². The van der Waals surface area contributed by atoms with Crippen LogP contribution < -0.4 is 5.73 Å². The fourth-order valence-corrected chi connectivity index (χ4v) is 1.45. The maximum atomic E-state index is 8.57. The van der Waals surface area contributed by atoms with Gasteiger partial charge in [0.1, 0.15) is 12.4 Å². The molecule has 0 atom stereocenters. The number of rotatable bonds is 3. The second-order valence-electron chi connectivity index (χ2n) is 3.39. The summed E-state index contributed by atoms with van der Waals surface area (Å²) < 4.78 is 1.64. The minimum absolute atomic E-state index is 0.195. The van der Waals surface area contributed by atoms with Gasteiger partial charge in [-0.05, 0) is 18.1 Å². The molecule has 2 rings (SSSR count). The molecule has 80 valence electrons. The zero-order chi connectivity index (χ0) is 11.4. The number of hydrogen-bond donors (Lipinski definition) is 1. The monoisotopic (exact) mass is 213 g/mol. The number of para-hydroxylation sites is 1. The van der Waals surface area contributed by atoms with Crippen molar-refractivity contribution in [3.8, 4) is 6.07 Å². The lowest BCUT2D eigenvalue weighted by molar-refractivity contribution is 0.612. The molecule has 1 heterocycles. The van der Waals surface area contributed by atoms with Crippen LogP contribution in [-0.2, 0) is 13.0 Å². The lowest BCUT2D eigenvalue weighted by Gasteiger charge is -2.04. The number of benzene rings is 1. The van der Waals surface area contributed by atoms with E-state index in [-0.39, 0.29) is 5.82 Å².